The van der Waals surface area contributed by atoms with Crippen LogP contribution in [0, 0.1) is 0 Å². The maximum absolute atomic E-state index is 12.6. The van der Waals surface area contributed by atoms with Crippen molar-refractivity contribution in [2.24, 2.45) is 0 Å². The van der Waals surface area contributed by atoms with Crippen LogP contribution in [-0.2, 0) is 10.0 Å². The van der Waals surface area contributed by atoms with Gasteiger partial charge in [-0.25, -0.2) is 13.1 Å². The van der Waals surface area contributed by atoms with Crippen LogP contribution in [0.1, 0.15) is 24.4 Å². The summed E-state index contributed by atoms with van der Waals surface area (Å²) in [6, 6.07) is 15.1. The van der Waals surface area contributed by atoms with Gasteiger partial charge in [-0.3, -0.25) is 4.90 Å². The summed E-state index contributed by atoms with van der Waals surface area (Å²) in [4.78, 5) is 2.49. The monoisotopic (exact) mass is 390 g/mol. The normalized spacial score (nSPS) is 17.8. The molecular weight excluding hydrogens is 364 g/mol. The molecule has 0 aliphatic carbocycles. The minimum Gasteiger partial charge on any atom is -0.497 e. The van der Waals surface area contributed by atoms with Gasteiger partial charge in [-0.1, -0.05) is 24.3 Å². The predicted molar refractivity (Wildman–Crippen MR) is 105 cm³/mol. The highest BCUT2D eigenvalue weighted by atomic mass is 32.2. The molecular formula is C20H26N2O4S. The summed E-state index contributed by atoms with van der Waals surface area (Å²) in [5, 5.41) is 0. The van der Waals surface area contributed by atoms with Crippen LogP contribution in [-0.4, -0.2) is 47.2 Å². The smallest absolute Gasteiger partial charge is 0.244 e. The van der Waals surface area contributed by atoms with Crippen LogP contribution in [0.3, 0.4) is 0 Å². The van der Waals surface area contributed by atoms with Crippen LogP contribution < -0.4 is 14.2 Å². The first-order valence-electron chi connectivity index (χ1n) is 9.06. The molecule has 2 aromatic rings. The first kappa shape index (κ1) is 19.7. The summed E-state index contributed by atoms with van der Waals surface area (Å²) in [6.07, 6.45) is 2.18. The van der Waals surface area contributed by atoms with E-state index in [1.54, 1.807) is 31.4 Å². The topological polar surface area (TPSA) is 67.9 Å². The maximum atomic E-state index is 12.6. The molecule has 1 unspecified atom stereocenters. The SMILES string of the molecule is COc1ccc(C2CCCN2CCNS(=O)(=O)c2ccccc2OC)cc1. The fraction of sp³-hybridized carbons (Fsp3) is 0.400. The molecule has 1 atom stereocenters. The summed E-state index contributed by atoms with van der Waals surface area (Å²) < 4.78 is 38.3. The summed E-state index contributed by atoms with van der Waals surface area (Å²) >= 11 is 0. The zero-order valence-electron chi connectivity index (χ0n) is 15.7. The van der Waals surface area contributed by atoms with Gasteiger partial charge in [-0.05, 0) is 49.2 Å². The number of benzene rings is 2. The molecule has 1 aliphatic rings. The molecule has 0 bridgehead atoms. The first-order chi connectivity index (χ1) is 13.0. The molecule has 0 aromatic heterocycles. The molecule has 0 spiro atoms. The third-order valence-electron chi connectivity index (χ3n) is 4.91. The second kappa shape index (κ2) is 8.73. The largest absolute Gasteiger partial charge is 0.497 e. The Morgan fingerprint density at radius 2 is 1.81 bits per heavy atom. The fourth-order valence-electron chi connectivity index (χ4n) is 3.54. The number of likely N-dealkylation sites (tertiary alicyclic amines) is 1. The number of hydrogen-bond donors (Lipinski definition) is 1. The third-order valence-corrected chi connectivity index (χ3v) is 6.41. The lowest BCUT2D eigenvalue weighted by atomic mass is 10.0. The summed E-state index contributed by atoms with van der Waals surface area (Å²) in [5.41, 5.74) is 1.24. The Morgan fingerprint density at radius 1 is 1.07 bits per heavy atom. The molecule has 0 amide bonds. The average Bonchev–Trinajstić information content (AvgIpc) is 3.16. The molecule has 1 aliphatic heterocycles. The van der Waals surface area contributed by atoms with E-state index >= 15 is 0 Å². The van der Waals surface area contributed by atoms with Gasteiger partial charge >= 0.3 is 0 Å². The van der Waals surface area contributed by atoms with Crippen LogP contribution in [0.5, 0.6) is 11.5 Å². The van der Waals surface area contributed by atoms with Crippen molar-refractivity contribution in [3.63, 3.8) is 0 Å². The Balaban J connectivity index is 1.62. The summed E-state index contributed by atoms with van der Waals surface area (Å²) in [5.74, 6) is 1.19. The lowest BCUT2D eigenvalue weighted by molar-refractivity contribution is 0.261. The van der Waals surface area contributed by atoms with Gasteiger partial charge in [-0.2, -0.15) is 0 Å². The van der Waals surface area contributed by atoms with Crippen LogP contribution in [0.4, 0.5) is 0 Å². The van der Waals surface area contributed by atoms with E-state index < -0.39 is 10.0 Å². The quantitative estimate of drug-likeness (QED) is 0.751. The highest BCUT2D eigenvalue weighted by Gasteiger charge is 2.26. The molecule has 146 valence electrons. The lowest BCUT2D eigenvalue weighted by Crippen LogP contribution is -2.34. The number of para-hydroxylation sites is 1. The third kappa shape index (κ3) is 4.61. The molecule has 6 nitrogen and oxygen atoms in total. The molecule has 27 heavy (non-hydrogen) atoms. The Morgan fingerprint density at radius 3 is 2.52 bits per heavy atom. The number of nitrogens with zero attached hydrogens (tertiary/aromatic N) is 1. The van der Waals surface area contributed by atoms with Crippen molar-refractivity contribution in [1.29, 1.82) is 0 Å². The van der Waals surface area contributed by atoms with Gasteiger partial charge in [0.25, 0.3) is 0 Å². The van der Waals surface area contributed by atoms with Gasteiger partial charge in [0.05, 0.1) is 14.2 Å². The number of sulfonamides is 1. The van der Waals surface area contributed by atoms with Crippen molar-refractivity contribution in [3.05, 3.63) is 54.1 Å². The fourth-order valence-corrected chi connectivity index (χ4v) is 4.73. The number of nitrogens with one attached hydrogen (secondary N) is 1. The molecule has 1 heterocycles. The molecule has 3 rings (SSSR count). The number of rotatable bonds is 8. The molecule has 0 radical (unpaired) electrons. The van der Waals surface area contributed by atoms with E-state index in [4.69, 9.17) is 9.47 Å². The van der Waals surface area contributed by atoms with Crippen LogP contribution >= 0.6 is 0 Å². The Kier molecular flexibility index (Phi) is 6.36. The lowest BCUT2D eigenvalue weighted by Gasteiger charge is -2.25. The van der Waals surface area contributed by atoms with Gasteiger partial charge in [-0.15, -0.1) is 0 Å². The van der Waals surface area contributed by atoms with Crippen molar-refractivity contribution >= 4 is 10.0 Å². The van der Waals surface area contributed by atoms with Crippen LogP contribution in [0.2, 0.25) is 0 Å². The van der Waals surface area contributed by atoms with E-state index in [0.29, 0.717) is 24.9 Å². The van der Waals surface area contributed by atoms with Crippen molar-refractivity contribution in [3.8, 4) is 11.5 Å². The van der Waals surface area contributed by atoms with Gasteiger partial charge < -0.3 is 9.47 Å². The van der Waals surface area contributed by atoms with Crippen LogP contribution in [0.25, 0.3) is 0 Å². The molecule has 1 fully saturated rings. The Bertz CT molecular complexity index is 853. The van der Waals surface area contributed by atoms with Crippen molar-refractivity contribution in [1.82, 2.24) is 9.62 Å². The second-order valence-electron chi connectivity index (χ2n) is 6.52. The van der Waals surface area contributed by atoms with E-state index in [2.05, 4.69) is 21.8 Å². The van der Waals surface area contributed by atoms with E-state index in [0.717, 1.165) is 25.1 Å². The van der Waals surface area contributed by atoms with E-state index in [1.165, 1.54) is 12.7 Å². The standard InChI is InChI=1S/C20H26N2O4S/c1-25-17-11-9-16(10-12-17)18-6-5-14-22(18)15-13-21-27(23,24)20-8-4-3-7-19(20)26-2/h3-4,7-12,18,21H,5-6,13-15H2,1-2H3. The van der Waals surface area contributed by atoms with Crippen molar-refractivity contribution < 1.29 is 17.9 Å². The molecule has 1 N–H and O–H groups in total. The molecule has 7 heteroatoms. The maximum Gasteiger partial charge on any atom is 0.244 e. The highest BCUT2D eigenvalue weighted by molar-refractivity contribution is 7.89. The zero-order valence-corrected chi connectivity index (χ0v) is 16.5. The average molecular weight is 391 g/mol. The summed E-state index contributed by atoms with van der Waals surface area (Å²) in [6.45, 7) is 1.98. The van der Waals surface area contributed by atoms with Gasteiger partial charge in [0.2, 0.25) is 10.0 Å². The predicted octanol–water partition coefficient (Wildman–Crippen LogP) is 2.82. The first-order valence-corrected chi connectivity index (χ1v) is 10.5. The van der Waals surface area contributed by atoms with Crippen LogP contribution in [0.15, 0.2) is 53.4 Å². The van der Waals surface area contributed by atoms with Crippen molar-refractivity contribution in [2.75, 3.05) is 33.9 Å². The molecule has 1 saturated heterocycles. The van der Waals surface area contributed by atoms with Crippen molar-refractivity contribution in [2.45, 2.75) is 23.8 Å². The summed E-state index contributed by atoms with van der Waals surface area (Å²) in [7, 11) is -0.476. The minimum atomic E-state index is -3.60. The van der Waals surface area contributed by atoms with E-state index in [-0.39, 0.29) is 4.90 Å². The number of ether oxygens (including phenoxy) is 2. The van der Waals surface area contributed by atoms with E-state index in [9.17, 15) is 8.42 Å². The van der Waals surface area contributed by atoms with E-state index in [1.807, 2.05) is 12.1 Å². The Hall–Kier alpha value is -2.09. The number of hydrogen-bond acceptors (Lipinski definition) is 5. The zero-order chi connectivity index (χ0) is 19.3. The second-order valence-corrected chi connectivity index (χ2v) is 8.25. The number of methoxy groups -OCH3 is 2. The van der Waals surface area contributed by atoms with Gasteiger partial charge in [0, 0.05) is 19.1 Å². The Labute approximate surface area is 161 Å². The molecule has 2 aromatic carbocycles. The highest BCUT2D eigenvalue weighted by Crippen LogP contribution is 2.32. The molecule has 0 saturated carbocycles. The van der Waals surface area contributed by atoms with Gasteiger partial charge in [0.1, 0.15) is 16.4 Å². The van der Waals surface area contributed by atoms with Gasteiger partial charge in [0.15, 0.2) is 0 Å². The minimum absolute atomic E-state index is 0.167.